The highest BCUT2D eigenvalue weighted by Crippen LogP contribution is 2.26. The van der Waals surface area contributed by atoms with Gasteiger partial charge in [0.25, 0.3) is 0 Å². The number of para-hydroxylation sites is 1. The molecule has 1 aromatic carbocycles. The molecule has 7 heteroatoms. The predicted octanol–water partition coefficient (Wildman–Crippen LogP) is 2.83. The number of halogens is 1. The molecule has 2 aromatic rings. The molecule has 0 saturated carbocycles. The molecule has 0 fully saturated rings. The summed E-state index contributed by atoms with van der Waals surface area (Å²) in [4.78, 5) is 17.2. The average molecular weight is 252 g/mol. The summed E-state index contributed by atoms with van der Waals surface area (Å²) in [6, 6.07) is 6.80. The summed E-state index contributed by atoms with van der Waals surface area (Å²) in [5, 5.41) is 10.8. The van der Waals surface area contributed by atoms with Crippen molar-refractivity contribution in [2.75, 3.05) is 0 Å². The first-order valence-electron chi connectivity index (χ1n) is 4.55. The summed E-state index contributed by atoms with van der Waals surface area (Å²) in [5.74, 6) is 0.392. The lowest BCUT2D eigenvalue weighted by atomic mass is 10.3. The van der Waals surface area contributed by atoms with Crippen LogP contribution < -0.4 is 4.74 Å². The largest absolute Gasteiger partial charge is 0.423 e. The van der Waals surface area contributed by atoms with Gasteiger partial charge in [0.1, 0.15) is 18.1 Å². The second-order valence-electron chi connectivity index (χ2n) is 3.01. The van der Waals surface area contributed by atoms with E-state index in [1.807, 2.05) is 0 Å². The van der Waals surface area contributed by atoms with Gasteiger partial charge in [0.15, 0.2) is 0 Å². The number of nitro groups is 1. The quantitative estimate of drug-likeness (QED) is 0.619. The summed E-state index contributed by atoms with van der Waals surface area (Å²) in [5.41, 5.74) is -0.198. The van der Waals surface area contributed by atoms with Crippen LogP contribution in [0.1, 0.15) is 0 Å². The zero-order valence-corrected chi connectivity index (χ0v) is 9.16. The van der Waals surface area contributed by atoms with Crippen LogP contribution in [0.15, 0.2) is 36.7 Å². The van der Waals surface area contributed by atoms with E-state index in [2.05, 4.69) is 9.97 Å². The summed E-state index contributed by atoms with van der Waals surface area (Å²) in [6.45, 7) is 0. The molecule has 17 heavy (non-hydrogen) atoms. The van der Waals surface area contributed by atoms with E-state index in [0.717, 1.165) is 12.4 Å². The Hall–Kier alpha value is -2.21. The Morgan fingerprint density at radius 1 is 1.24 bits per heavy atom. The zero-order valence-electron chi connectivity index (χ0n) is 8.41. The fraction of sp³-hybridized carbons (Fsp3) is 0. The highest BCUT2D eigenvalue weighted by molar-refractivity contribution is 6.32. The third-order valence-electron chi connectivity index (χ3n) is 1.86. The van der Waals surface area contributed by atoms with E-state index in [0.29, 0.717) is 10.8 Å². The molecule has 0 unspecified atom stereocenters. The van der Waals surface area contributed by atoms with Gasteiger partial charge in [0, 0.05) is 0 Å². The monoisotopic (exact) mass is 251 g/mol. The second-order valence-corrected chi connectivity index (χ2v) is 3.42. The standard InChI is InChI=1S/C10H6ClN3O3/c11-8-3-1-2-4-9(8)17-10-12-5-7(6-13-10)14(15)16/h1-6H. The van der Waals surface area contributed by atoms with E-state index >= 15 is 0 Å². The van der Waals surface area contributed by atoms with Crippen molar-refractivity contribution in [1.82, 2.24) is 9.97 Å². The predicted molar refractivity (Wildman–Crippen MR) is 60.2 cm³/mol. The maximum Gasteiger partial charge on any atom is 0.322 e. The van der Waals surface area contributed by atoms with Gasteiger partial charge >= 0.3 is 11.7 Å². The number of ether oxygens (including phenoxy) is 1. The van der Waals surface area contributed by atoms with Crippen molar-refractivity contribution in [3.63, 3.8) is 0 Å². The Kier molecular flexibility index (Phi) is 3.15. The molecule has 86 valence electrons. The van der Waals surface area contributed by atoms with E-state index in [-0.39, 0.29) is 11.7 Å². The molecule has 0 aliphatic heterocycles. The Morgan fingerprint density at radius 2 is 1.88 bits per heavy atom. The summed E-state index contributed by atoms with van der Waals surface area (Å²) in [6.07, 6.45) is 2.14. The second kappa shape index (κ2) is 4.75. The highest BCUT2D eigenvalue weighted by atomic mass is 35.5. The Labute approximate surface area is 101 Å². The lowest BCUT2D eigenvalue weighted by Crippen LogP contribution is -1.94. The Balaban J connectivity index is 2.20. The number of benzene rings is 1. The molecular formula is C10H6ClN3O3. The molecular weight excluding hydrogens is 246 g/mol. The first kappa shape index (κ1) is 11.3. The van der Waals surface area contributed by atoms with Crippen molar-refractivity contribution in [1.29, 1.82) is 0 Å². The number of aromatic nitrogens is 2. The first-order valence-corrected chi connectivity index (χ1v) is 4.93. The van der Waals surface area contributed by atoms with Crippen LogP contribution in [0.3, 0.4) is 0 Å². The number of hydrogen-bond acceptors (Lipinski definition) is 5. The van der Waals surface area contributed by atoms with Gasteiger partial charge in [-0.15, -0.1) is 0 Å². The molecule has 6 nitrogen and oxygen atoms in total. The molecule has 0 bridgehead atoms. The van der Waals surface area contributed by atoms with Gasteiger partial charge < -0.3 is 4.74 Å². The van der Waals surface area contributed by atoms with Crippen molar-refractivity contribution < 1.29 is 9.66 Å². The molecule has 1 aromatic heterocycles. The van der Waals surface area contributed by atoms with Crippen LogP contribution >= 0.6 is 11.6 Å². The van der Waals surface area contributed by atoms with E-state index < -0.39 is 4.92 Å². The molecule has 0 spiro atoms. The van der Waals surface area contributed by atoms with Gasteiger partial charge in [-0.05, 0) is 12.1 Å². The van der Waals surface area contributed by atoms with Crippen LogP contribution in [-0.4, -0.2) is 14.9 Å². The first-order chi connectivity index (χ1) is 8.16. The van der Waals surface area contributed by atoms with Crippen LogP contribution in [0.25, 0.3) is 0 Å². The zero-order chi connectivity index (χ0) is 12.3. The molecule has 0 saturated heterocycles. The molecule has 0 radical (unpaired) electrons. The van der Waals surface area contributed by atoms with Crippen molar-refractivity contribution in [2.24, 2.45) is 0 Å². The highest BCUT2D eigenvalue weighted by Gasteiger charge is 2.09. The number of rotatable bonds is 3. The minimum absolute atomic E-state index is 0.00343. The summed E-state index contributed by atoms with van der Waals surface area (Å²) in [7, 11) is 0. The molecule has 2 rings (SSSR count). The number of nitrogens with zero attached hydrogens (tertiary/aromatic N) is 3. The third-order valence-corrected chi connectivity index (χ3v) is 2.18. The van der Waals surface area contributed by atoms with Crippen molar-refractivity contribution in [3.05, 3.63) is 51.8 Å². The van der Waals surface area contributed by atoms with Gasteiger partial charge in [-0.3, -0.25) is 10.1 Å². The SMILES string of the molecule is O=[N+]([O-])c1cnc(Oc2ccccc2Cl)nc1. The van der Waals surface area contributed by atoms with E-state index in [4.69, 9.17) is 16.3 Å². The Bertz CT molecular complexity index is 545. The van der Waals surface area contributed by atoms with E-state index in [1.54, 1.807) is 24.3 Å². The van der Waals surface area contributed by atoms with Crippen molar-refractivity contribution >= 4 is 17.3 Å². The van der Waals surface area contributed by atoms with E-state index in [9.17, 15) is 10.1 Å². The Morgan fingerprint density at radius 3 is 2.47 bits per heavy atom. The smallest absolute Gasteiger partial charge is 0.322 e. The fourth-order valence-corrected chi connectivity index (χ4v) is 1.26. The maximum absolute atomic E-state index is 10.4. The van der Waals surface area contributed by atoms with Crippen molar-refractivity contribution in [2.45, 2.75) is 0 Å². The number of hydrogen-bond donors (Lipinski definition) is 0. The molecule has 0 aliphatic carbocycles. The lowest BCUT2D eigenvalue weighted by Gasteiger charge is -2.04. The molecule has 0 N–H and O–H groups in total. The molecule has 0 aliphatic rings. The van der Waals surface area contributed by atoms with Crippen LogP contribution in [0.2, 0.25) is 5.02 Å². The van der Waals surface area contributed by atoms with Crippen LogP contribution in [0.4, 0.5) is 5.69 Å². The van der Waals surface area contributed by atoms with Gasteiger partial charge in [0.05, 0.1) is 9.95 Å². The average Bonchev–Trinajstić information content (AvgIpc) is 2.33. The fourth-order valence-electron chi connectivity index (χ4n) is 1.08. The molecule has 0 amide bonds. The topological polar surface area (TPSA) is 78.2 Å². The van der Waals surface area contributed by atoms with E-state index in [1.165, 1.54) is 0 Å². The summed E-state index contributed by atoms with van der Waals surface area (Å²) < 4.78 is 5.27. The van der Waals surface area contributed by atoms with Crippen LogP contribution in [0.5, 0.6) is 11.8 Å². The minimum atomic E-state index is -0.584. The maximum atomic E-state index is 10.4. The molecule has 1 heterocycles. The van der Waals surface area contributed by atoms with Gasteiger partial charge in [0.2, 0.25) is 0 Å². The third kappa shape index (κ3) is 2.67. The molecule has 0 atom stereocenters. The van der Waals surface area contributed by atoms with Crippen LogP contribution in [0, 0.1) is 10.1 Å². The normalized spacial score (nSPS) is 9.94. The summed E-state index contributed by atoms with van der Waals surface area (Å²) >= 11 is 5.87. The minimum Gasteiger partial charge on any atom is -0.423 e. The van der Waals surface area contributed by atoms with Gasteiger partial charge in [-0.2, -0.15) is 9.97 Å². The van der Waals surface area contributed by atoms with Gasteiger partial charge in [-0.1, -0.05) is 23.7 Å². The van der Waals surface area contributed by atoms with Crippen LogP contribution in [-0.2, 0) is 0 Å². The lowest BCUT2D eigenvalue weighted by molar-refractivity contribution is -0.385. The van der Waals surface area contributed by atoms with Crippen molar-refractivity contribution in [3.8, 4) is 11.8 Å². The van der Waals surface area contributed by atoms with Gasteiger partial charge in [-0.25, -0.2) is 0 Å².